The SMILES string of the molecule is C[C@@](Cc1ccc(O)c(O)c1)(C(=O)O)C(F)F.C[C@@](Cc1ccc(O)c(O)c1)(NN)C(=O)O.C[C@](N)(Cc1ccc(O)c(O)c1)C(=O)O.NC(CO)C(=O)CNCc1ccc(O)c(O)c1O. The number of carbonyl (C=O) groups is 4. The van der Waals surface area contributed by atoms with Crippen molar-refractivity contribution >= 4 is 23.7 Å². The predicted molar refractivity (Wildman–Crippen MR) is 229 cm³/mol. The maximum absolute atomic E-state index is 12.7. The number of aliphatic carboxylic acids is 3. The third-order valence-electron chi connectivity index (χ3n) is 9.51. The van der Waals surface area contributed by atoms with Crippen molar-refractivity contribution in [2.45, 2.75) is 70.1 Å². The zero-order chi connectivity index (χ0) is 50.9. The number of aliphatic hydroxyl groups is 1. The van der Waals surface area contributed by atoms with Gasteiger partial charge in [-0.05, 0) is 86.3 Å². The number of phenolic OH excluding ortho intramolecular Hbond substituents is 9. The standard InChI is InChI=1S/C11H12F2O4.C11H16N2O5.C10H14N2O4.C10H13NO4/c1-11(9(12)13,10(16)17)5-6-2-3-7(14)8(15)4-6;12-7(5-14)9(16)4-13-3-6-1-2-8(15)11(18)10(6)17;1-10(12-11,9(15)16)5-6-2-3-7(13)8(14)4-6;1-10(11,9(14)15)5-6-2-3-7(12)8(13)4-6/h2-4,9,14-15H,5H2,1H3,(H,16,17);1-2,7,13-15,17-18H,3-5,12H2;2-4,12-14H,5,11H2,1H3,(H,15,16);2-4,12-13H,5,11H2,1H3,(H,14,15)/t11-;;2*10-/m0.00/s1. The summed E-state index contributed by atoms with van der Waals surface area (Å²) in [5, 5.41) is 121. The molecule has 4 aromatic rings. The van der Waals surface area contributed by atoms with Crippen LogP contribution in [0.4, 0.5) is 8.78 Å². The van der Waals surface area contributed by atoms with Gasteiger partial charge in [0, 0.05) is 24.9 Å². The van der Waals surface area contributed by atoms with Gasteiger partial charge in [-0.15, -0.1) is 0 Å². The second-order valence-electron chi connectivity index (χ2n) is 15.3. The lowest BCUT2D eigenvalue weighted by molar-refractivity contribution is -0.157. The molecule has 0 fully saturated rings. The van der Waals surface area contributed by atoms with Crippen LogP contribution in [0.5, 0.6) is 51.7 Å². The third kappa shape index (κ3) is 16.7. The molecule has 4 rings (SSSR count). The van der Waals surface area contributed by atoms with E-state index in [1.54, 1.807) is 0 Å². The minimum Gasteiger partial charge on any atom is -0.504 e. The Kier molecular flexibility index (Phi) is 21.3. The summed E-state index contributed by atoms with van der Waals surface area (Å²) in [6, 6.07) is 13.4. The molecular weight excluding hydrogens is 884 g/mol. The highest BCUT2D eigenvalue weighted by Gasteiger charge is 2.43. The summed E-state index contributed by atoms with van der Waals surface area (Å²) in [7, 11) is 0. The maximum Gasteiger partial charge on any atom is 0.325 e. The largest absolute Gasteiger partial charge is 0.504 e. The van der Waals surface area contributed by atoms with Crippen molar-refractivity contribution in [3.05, 3.63) is 89.0 Å². The molecule has 1 unspecified atom stereocenters. The van der Waals surface area contributed by atoms with Gasteiger partial charge < -0.3 is 83.2 Å². The lowest BCUT2D eigenvalue weighted by Crippen LogP contribution is -2.54. The number of hydrogen-bond donors (Lipinski definition) is 18. The average Bonchev–Trinajstić information content (AvgIpc) is 3.24. The minimum absolute atomic E-state index is 0.0667. The molecule has 0 aliphatic rings. The minimum atomic E-state index is -3.03. The summed E-state index contributed by atoms with van der Waals surface area (Å²) in [6.07, 6.45) is -3.30. The normalized spacial score (nSPS) is 13.9. The molecule has 364 valence electrons. The van der Waals surface area contributed by atoms with E-state index >= 15 is 0 Å². The van der Waals surface area contributed by atoms with Crippen LogP contribution in [-0.4, -0.2) is 127 Å². The summed E-state index contributed by atoms with van der Waals surface area (Å²) in [6.45, 7) is 3.38. The lowest BCUT2D eigenvalue weighted by Gasteiger charge is -2.23. The van der Waals surface area contributed by atoms with Gasteiger partial charge in [-0.3, -0.25) is 25.0 Å². The van der Waals surface area contributed by atoms with Gasteiger partial charge in [-0.1, -0.05) is 24.3 Å². The number of rotatable bonds is 17. The first-order valence-electron chi connectivity index (χ1n) is 19.1. The molecule has 0 amide bonds. The summed E-state index contributed by atoms with van der Waals surface area (Å²) in [4.78, 5) is 43.8. The molecule has 66 heavy (non-hydrogen) atoms. The first-order valence-corrected chi connectivity index (χ1v) is 19.1. The zero-order valence-electron chi connectivity index (χ0n) is 35.7. The zero-order valence-corrected chi connectivity index (χ0v) is 35.7. The number of halogens is 2. The van der Waals surface area contributed by atoms with E-state index in [1.165, 1.54) is 68.4 Å². The van der Waals surface area contributed by atoms with Crippen LogP contribution in [0.25, 0.3) is 0 Å². The summed E-state index contributed by atoms with van der Waals surface area (Å²) in [5.74, 6) is -2.39. The first kappa shape index (κ1) is 56.8. The van der Waals surface area contributed by atoms with E-state index in [4.69, 9.17) is 58.2 Å². The first-order chi connectivity index (χ1) is 30.5. The van der Waals surface area contributed by atoms with Gasteiger partial charge in [0.25, 0.3) is 6.43 Å². The number of benzene rings is 4. The number of carboxylic acids is 3. The number of aliphatic hydroxyl groups excluding tert-OH is 1. The maximum atomic E-state index is 12.7. The molecule has 0 aromatic heterocycles. The van der Waals surface area contributed by atoms with Crippen LogP contribution < -0.4 is 28.1 Å². The Labute approximate surface area is 375 Å². The van der Waals surface area contributed by atoms with Crippen molar-refractivity contribution in [2.75, 3.05) is 13.2 Å². The fourth-order valence-corrected chi connectivity index (χ4v) is 5.11. The lowest BCUT2D eigenvalue weighted by atomic mass is 9.84. The molecular formula is C42H55F2N5O17. The highest BCUT2D eigenvalue weighted by molar-refractivity contribution is 5.85. The Morgan fingerprint density at radius 3 is 1.39 bits per heavy atom. The average molecular weight is 940 g/mol. The Hall–Kier alpha value is -7.22. The second kappa shape index (κ2) is 24.7. The van der Waals surface area contributed by atoms with Crippen molar-refractivity contribution in [1.29, 1.82) is 0 Å². The summed E-state index contributed by atoms with van der Waals surface area (Å²) >= 11 is 0. The van der Waals surface area contributed by atoms with E-state index in [2.05, 4.69) is 10.7 Å². The molecule has 22 nitrogen and oxygen atoms in total. The van der Waals surface area contributed by atoms with Crippen LogP contribution in [0.3, 0.4) is 0 Å². The number of ketones is 1. The van der Waals surface area contributed by atoms with Gasteiger partial charge in [0.15, 0.2) is 51.8 Å². The molecule has 24 heteroatoms. The monoisotopic (exact) mass is 939 g/mol. The molecule has 0 saturated heterocycles. The molecule has 0 aliphatic heterocycles. The van der Waals surface area contributed by atoms with Crippen molar-refractivity contribution in [3.63, 3.8) is 0 Å². The van der Waals surface area contributed by atoms with Crippen molar-refractivity contribution in [3.8, 4) is 51.7 Å². The number of Topliss-reactive ketones (excluding diaryl/α,β-unsaturated/α-hetero) is 1. The summed E-state index contributed by atoms with van der Waals surface area (Å²) < 4.78 is 25.4. The quantitative estimate of drug-likeness (QED) is 0.0401. The van der Waals surface area contributed by atoms with Crippen LogP contribution in [0.15, 0.2) is 66.7 Å². The second-order valence-corrected chi connectivity index (χ2v) is 15.3. The molecule has 0 radical (unpaired) electrons. The number of carboxylic acid groups (broad SMARTS) is 3. The Bertz CT molecular complexity index is 2300. The molecule has 0 heterocycles. The summed E-state index contributed by atoms with van der Waals surface area (Å²) in [5.41, 5.74) is 9.79. The van der Waals surface area contributed by atoms with Crippen LogP contribution >= 0.6 is 0 Å². The molecule has 4 atom stereocenters. The van der Waals surface area contributed by atoms with Crippen LogP contribution in [0.2, 0.25) is 0 Å². The molecule has 0 aliphatic carbocycles. The Morgan fingerprint density at radius 2 is 1.03 bits per heavy atom. The smallest absolute Gasteiger partial charge is 0.325 e. The number of carbonyl (C=O) groups excluding carboxylic acids is 1. The third-order valence-corrected chi connectivity index (χ3v) is 9.51. The topological polar surface area (TPSA) is 433 Å². The van der Waals surface area contributed by atoms with E-state index < -0.39 is 82.9 Å². The van der Waals surface area contributed by atoms with Gasteiger partial charge in [-0.25, -0.2) is 14.2 Å². The predicted octanol–water partition coefficient (Wildman–Crippen LogP) is 1.17. The van der Waals surface area contributed by atoms with E-state index in [9.17, 15) is 53.5 Å². The van der Waals surface area contributed by atoms with Gasteiger partial charge in [-0.2, -0.15) is 0 Å². The van der Waals surface area contributed by atoms with Crippen molar-refractivity contribution < 1.29 is 94.3 Å². The number of alkyl halides is 2. The number of nitrogens with one attached hydrogen (secondary N) is 2. The number of hydrazine groups is 1. The van der Waals surface area contributed by atoms with E-state index in [0.29, 0.717) is 16.7 Å². The van der Waals surface area contributed by atoms with E-state index in [1.807, 2.05) is 0 Å². The fourth-order valence-electron chi connectivity index (χ4n) is 5.11. The number of nitrogens with two attached hydrogens (primary N) is 3. The highest BCUT2D eigenvalue weighted by atomic mass is 19.3. The van der Waals surface area contributed by atoms with E-state index in [-0.39, 0.29) is 66.0 Å². The number of hydrogen-bond acceptors (Lipinski definition) is 19. The van der Waals surface area contributed by atoms with Gasteiger partial charge in [0.2, 0.25) is 5.75 Å². The highest BCUT2D eigenvalue weighted by Crippen LogP contribution is 2.37. The number of phenols is 9. The molecule has 0 saturated carbocycles. The Morgan fingerprint density at radius 1 is 0.606 bits per heavy atom. The fraction of sp³-hybridized carbons (Fsp3) is 0.333. The van der Waals surface area contributed by atoms with Crippen LogP contribution in [-0.2, 0) is 45.0 Å². The van der Waals surface area contributed by atoms with Crippen molar-refractivity contribution in [2.24, 2.45) is 22.7 Å². The molecule has 0 bridgehead atoms. The van der Waals surface area contributed by atoms with Crippen LogP contribution in [0, 0.1) is 5.41 Å². The molecule has 21 N–H and O–H groups in total. The van der Waals surface area contributed by atoms with Crippen LogP contribution in [0.1, 0.15) is 43.0 Å². The number of aromatic hydroxyl groups is 9. The molecule has 4 aromatic carbocycles. The Balaban J connectivity index is 0.000000441. The van der Waals surface area contributed by atoms with Crippen molar-refractivity contribution in [1.82, 2.24) is 10.7 Å². The van der Waals surface area contributed by atoms with Gasteiger partial charge in [0.05, 0.1) is 19.2 Å². The van der Waals surface area contributed by atoms with Gasteiger partial charge in [0.1, 0.15) is 16.5 Å². The van der Waals surface area contributed by atoms with Gasteiger partial charge >= 0.3 is 17.9 Å². The van der Waals surface area contributed by atoms with E-state index in [0.717, 1.165) is 19.1 Å². The molecule has 0 spiro atoms.